The van der Waals surface area contributed by atoms with E-state index in [0.717, 1.165) is 44.1 Å². The van der Waals surface area contributed by atoms with Crippen LogP contribution in [0.3, 0.4) is 0 Å². The maximum atomic E-state index is 13.4. The van der Waals surface area contributed by atoms with Crippen molar-refractivity contribution in [1.82, 2.24) is 0 Å². The Hall–Kier alpha value is -1.19. The summed E-state index contributed by atoms with van der Waals surface area (Å²) < 4.78 is 0. The average molecular weight is 383 g/mol. The molecule has 0 saturated heterocycles. The number of thiophene rings is 1. The van der Waals surface area contributed by atoms with Crippen LogP contribution in [-0.4, -0.2) is 17.0 Å². The highest BCUT2D eigenvalue weighted by atomic mass is 32.1. The summed E-state index contributed by atoms with van der Waals surface area (Å²) in [4.78, 5) is 14.6. The van der Waals surface area contributed by atoms with Gasteiger partial charge in [-0.25, -0.2) is 0 Å². The van der Waals surface area contributed by atoms with E-state index in [2.05, 4.69) is 43.5 Å². The van der Waals surface area contributed by atoms with Crippen molar-refractivity contribution in [2.75, 3.05) is 0 Å². The smallest absolute Gasteiger partial charge is 0.165 e. The molecule has 0 aromatic carbocycles. The van der Waals surface area contributed by atoms with Crippen molar-refractivity contribution in [2.24, 2.45) is 28.6 Å². The zero-order chi connectivity index (χ0) is 18.8. The number of rotatable bonds is 1. The fourth-order valence-electron chi connectivity index (χ4n) is 6.99. The monoisotopic (exact) mass is 382 g/mol. The van der Waals surface area contributed by atoms with Crippen LogP contribution >= 0.6 is 11.3 Å². The van der Waals surface area contributed by atoms with E-state index in [0.29, 0.717) is 23.5 Å². The SMILES string of the molecule is C[C@@]12CC[C@H]3[C@@H](CC=C4C[C@@H](O)CC[C@]43C)[C@H]1C/C(=C\c1cccs1)C2=O. The first-order chi connectivity index (χ1) is 12.9. The molecule has 27 heavy (non-hydrogen) atoms. The lowest BCUT2D eigenvalue weighted by molar-refractivity contribution is -0.130. The molecule has 1 aromatic heterocycles. The number of allylic oxidation sites excluding steroid dienone is 2. The van der Waals surface area contributed by atoms with E-state index in [1.807, 2.05) is 0 Å². The van der Waals surface area contributed by atoms with Crippen molar-refractivity contribution in [3.8, 4) is 0 Å². The zero-order valence-electron chi connectivity index (χ0n) is 16.4. The van der Waals surface area contributed by atoms with Gasteiger partial charge >= 0.3 is 0 Å². The molecule has 0 radical (unpaired) electrons. The van der Waals surface area contributed by atoms with Crippen molar-refractivity contribution < 1.29 is 9.90 Å². The molecule has 1 aromatic rings. The number of fused-ring (bicyclic) bond motifs is 5. The number of hydrogen-bond donors (Lipinski definition) is 1. The van der Waals surface area contributed by atoms with Crippen LogP contribution in [0.1, 0.15) is 63.7 Å². The Kier molecular flexibility index (Phi) is 4.07. The highest BCUT2D eigenvalue weighted by molar-refractivity contribution is 7.10. The summed E-state index contributed by atoms with van der Waals surface area (Å²) in [6.07, 6.45) is 11.6. The summed E-state index contributed by atoms with van der Waals surface area (Å²) in [5, 5.41) is 12.2. The van der Waals surface area contributed by atoms with Gasteiger partial charge in [-0.3, -0.25) is 4.79 Å². The number of aliphatic hydroxyl groups is 1. The van der Waals surface area contributed by atoms with E-state index < -0.39 is 0 Å². The van der Waals surface area contributed by atoms with Crippen molar-refractivity contribution >= 4 is 23.2 Å². The largest absolute Gasteiger partial charge is 0.393 e. The summed E-state index contributed by atoms with van der Waals surface area (Å²) in [6, 6.07) is 4.18. The molecule has 2 nitrogen and oxygen atoms in total. The number of carbonyl (C=O) groups excluding carboxylic acids is 1. The first-order valence-corrected chi connectivity index (χ1v) is 11.5. The highest BCUT2D eigenvalue weighted by Crippen LogP contribution is 2.64. The molecule has 0 bridgehead atoms. The summed E-state index contributed by atoms with van der Waals surface area (Å²) in [7, 11) is 0. The number of ketones is 1. The second-order valence-electron chi connectivity index (χ2n) is 9.83. The minimum Gasteiger partial charge on any atom is -0.393 e. The minimum absolute atomic E-state index is 0.150. The molecule has 0 spiro atoms. The minimum atomic E-state index is -0.167. The van der Waals surface area contributed by atoms with Crippen molar-refractivity contribution in [1.29, 1.82) is 0 Å². The molecule has 3 saturated carbocycles. The van der Waals surface area contributed by atoms with Gasteiger partial charge in [-0.15, -0.1) is 11.3 Å². The Morgan fingerprint density at radius 3 is 2.74 bits per heavy atom. The third-order valence-corrected chi connectivity index (χ3v) is 9.40. The maximum absolute atomic E-state index is 13.4. The van der Waals surface area contributed by atoms with Crippen LogP contribution in [0.4, 0.5) is 0 Å². The van der Waals surface area contributed by atoms with Crippen molar-refractivity contribution in [3.05, 3.63) is 39.6 Å². The fraction of sp³-hybridized carbons (Fsp3) is 0.625. The van der Waals surface area contributed by atoms with Crippen LogP contribution in [0, 0.1) is 28.6 Å². The van der Waals surface area contributed by atoms with Crippen molar-refractivity contribution in [3.63, 3.8) is 0 Å². The van der Waals surface area contributed by atoms with Gasteiger partial charge in [0.2, 0.25) is 0 Å². The predicted molar refractivity (Wildman–Crippen MR) is 110 cm³/mol. The normalized spacial score (nSPS) is 45.2. The molecule has 4 aliphatic rings. The van der Waals surface area contributed by atoms with E-state index in [9.17, 15) is 9.90 Å². The number of hydrogen-bond acceptors (Lipinski definition) is 3. The topological polar surface area (TPSA) is 37.3 Å². The first kappa shape index (κ1) is 17.9. The molecule has 1 N–H and O–H groups in total. The predicted octanol–water partition coefficient (Wildman–Crippen LogP) is 5.63. The van der Waals surface area contributed by atoms with E-state index in [1.165, 1.54) is 16.9 Å². The summed E-state index contributed by atoms with van der Waals surface area (Å²) in [6.45, 7) is 4.70. The molecule has 4 aliphatic carbocycles. The molecule has 5 rings (SSSR count). The van der Waals surface area contributed by atoms with Gasteiger partial charge in [-0.05, 0) is 91.2 Å². The number of carbonyl (C=O) groups is 1. The van der Waals surface area contributed by atoms with Crippen molar-refractivity contribution in [2.45, 2.75) is 64.9 Å². The Labute approximate surface area is 166 Å². The molecule has 0 unspecified atom stereocenters. The van der Waals surface area contributed by atoms with E-state index in [4.69, 9.17) is 0 Å². The van der Waals surface area contributed by atoms with Gasteiger partial charge in [-0.1, -0.05) is 31.6 Å². The van der Waals surface area contributed by atoms with Gasteiger partial charge in [-0.2, -0.15) is 0 Å². The molecule has 1 heterocycles. The first-order valence-electron chi connectivity index (χ1n) is 10.6. The van der Waals surface area contributed by atoms with Gasteiger partial charge in [0.25, 0.3) is 0 Å². The molecule has 3 fully saturated rings. The molecular weight excluding hydrogens is 352 g/mol. The molecule has 0 amide bonds. The zero-order valence-corrected chi connectivity index (χ0v) is 17.2. The van der Waals surface area contributed by atoms with Crippen LogP contribution in [-0.2, 0) is 4.79 Å². The van der Waals surface area contributed by atoms with Crippen LogP contribution in [0.25, 0.3) is 6.08 Å². The Balaban J connectivity index is 1.49. The second kappa shape index (κ2) is 6.15. The molecule has 3 heteroatoms. The van der Waals surface area contributed by atoms with Gasteiger partial charge in [0.15, 0.2) is 5.78 Å². The van der Waals surface area contributed by atoms with Crippen LogP contribution < -0.4 is 0 Å². The average Bonchev–Trinajstić information content (AvgIpc) is 3.24. The Morgan fingerprint density at radius 2 is 1.96 bits per heavy atom. The quantitative estimate of drug-likeness (QED) is 0.504. The van der Waals surface area contributed by atoms with E-state index in [-0.39, 0.29) is 16.9 Å². The lowest BCUT2D eigenvalue weighted by atomic mass is 9.48. The molecule has 0 aliphatic heterocycles. The Bertz CT molecular complexity index is 819. The van der Waals surface area contributed by atoms with E-state index >= 15 is 0 Å². The van der Waals surface area contributed by atoms with Crippen LogP contribution in [0.5, 0.6) is 0 Å². The second-order valence-corrected chi connectivity index (χ2v) is 10.8. The van der Waals surface area contributed by atoms with E-state index in [1.54, 1.807) is 11.3 Å². The van der Waals surface area contributed by atoms with Gasteiger partial charge in [0.1, 0.15) is 0 Å². The molecule has 6 atom stereocenters. The number of Topliss-reactive ketones (excluding diaryl/α,β-unsaturated/α-hetero) is 1. The molecular formula is C24H30O2S. The lowest BCUT2D eigenvalue weighted by Gasteiger charge is -2.56. The van der Waals surface area contributed by atoms with Gasteiger partial charge < -0.3 is 5.11 Å². The summed E-state index contributed by atoms with van der Waals surface area (Å²) in [5.41, 5.74) is 2.64. The van der Waals surface area contributed by atoms with Crippen LogP contribution in [0.15, 0.2) is 34.7 Å². The standard InChI is InChI=1S/C24H30O2S/c1-23-9-7-17(25)14-16(23)5-6-19-20(23)8-10-24(2)21(19)13-15(22(24)26)12-18-4-3-11-27-18/h3-5,11-12,17,19-21,25H,6-10,13-14H2,1-2H3/b15-12+/t17-,19+,20-,21+,23+,24+/m0/s1. The summed E-state index contributed by atoms with van der Waals surface area (Å²) >= 11 is 1.72. The number of aliphatic hydroxyl groups excluding tert-OH is 1. The van der Waals surface area contributed by atoms with Crippen LogP contribution in [0.2, 0.25) is 0 Å². The lowest BCUT2D eigenvalue weighted by Crippen LogP contribution is -2.50. The third kappa shape index (κ3) is 2.57. The fourth-order valence-corrected chi connectivity index (χ4v) is 7.67. The summed E-state index contributed by atoms with van der Waals surface area (Å²) in [5.74, 6) is 2.19. The van der Waals surface area contributed by atoms with Gasteiger partial charge in [0.05, 0.1) is 6.10 Å². The molecule has 144 valence electrons. The highest BCUT2D eigenvalue weighted by Gasteiger charge is 2.59. The third-order valence-electron chi connectivity index (χ3n) is 8.58. The van der Waals surface area contributed by atoms with Gasteiger partial charge in [0, 0.05) is 10.3 Å². The Morgan fingerprint density at radius 1 is 1.15 bits per heavy atom. The maximum Gasteiger partial charge on any atom is 0.165 e.